The first-order valence-electron chi connectivity index (χ1n) is 10.1. The number of methoxy groups -OCH3 is 1. The van der Waals surface area contributed by atoms with Gasteiger partial charge in [-0.25, -0.2) is 4.98 Å². The molecular weight excluding hydrogens is 476 g/mol. The van der Waals surface area contributed by atoms with E-state index in [1.807, 2.05) is 48.5 Å². The van der Waals surface area contributed by atoms with E-state index < -0.39 is 0 Å². The smallest absolute Gasteiger partial charge is 0.262 e. The van der Waals surface area contributed by atoms with Crippen molar-refractivity contribution in [1.82, 2.24) is 9.55 Å². The zero-order valence-corrected chi connectivity index (χ0v) is 19.8. The number of halogens is 1. The van der Waals surface area contributed by atoms with Gasteiger partial charge in [0.15, 0.2) is 0 Å². The highest BCUT2D eigenvalue weighted by molar-refractivity contribution is 9.10. The summed E-state index contributed by atoms with van der Waals surface area (Å²) < 4.78 is 13.6. The largest absolute Gasteiger partial charge is 0.497 e. The summed E-state index contributed by atoms with van der Waals surface area (Å²) in [5.41, 5.74) is 2.06. The number of nitrogens with zero attached hydrogens (tertiary/aromatic N) is 2. The molecule has 0 bridgehead atoms. The van der Waals surface area contributed by atoms with Gasteiger partial charge in [-0.3, -0.25) is 9.36 Å². The third-order valence-corrected chi connectivity index (χ3v) is 6.85. The predicted molar refractivity (Wildman–Crippen MR) is 130 cm³/mol. The molecule has 0 fully saturated rings. The lowest BCUT2D eigenvalue weighted by Gasteiger charge is -2.09. The second-order valence-corrected chi connectivity index (χ2v) is 9.06. The normalized spacial score (nSPS) is 11.1. The van der Waals surface area contributed by atoms with Crippen molar-refractivity contribution in [3.8, 4) is 22.6 Å². The van der Waals surface area contributed by atoms with Crippen LogP contribution in [-0.2, 0) is 13.0 Å². The van der Waals surface area contributed by atoms with Crippen LogP contribution in [-0.4, -0.2) is 23.3 Å². The Bertz CT molecular complexity index is 1230. The highest BCUT2D eigenvalue weighted by Gasteiger charge is 2.18. The summed E-state index contributed by atoms with van der Waals surface area (Å²) in [6, 6.07) is 15.6. The molecule has 31 heavy (non-hydrogen) atoms. The van der Waals surface area contributed by atoms with Crippen molar-refractivity contribution in [2.45, 2.75) is 26.3 Å². The molecule has 2 heterocycles. The van der Waals surface area contributed by atoms with E-state index in [1.165, 1.54) is 4.88 Å². The SMILES string of the molecule is CCc1sc2ncn(CCCOc3ccc(OC)cc3)c(=O)c2c1-c1ccc(Br)cc1. The van der Waals surface area contributed by atoms with Gasteiger partial charge in [0.25, 0.3) is 5.56 Å². The minimum atomic E-state index is 0.00307. The molecule has 0 amide bonds. The number of benzene rings is 2. The Morgan fingerprint density at radius 2 is 1.77 bits per heavy atom. The molecule has 0 atom stereocenters. The quantitative estimate of drug-likeness (QED) is 0.282. The van der Waals surface area contributed by atoms with Crippen molar-refractivity contribution in [2.24, 2.45) is 0 Å². The number of thiophene rings is 1. The first-order valence-corrected chi connectivity index (χ1v) is 11.7. The first kappa shape index (κ1) is 21.6. The van der Waals surface area contributed by atoms with Gasteiger partial charge in [0.2, 0.25) is 0 Å². The van der Waals surface area contributed by atoms with Gasteiger partial charge in [-0.15, -0.1) is 11.3 Å². The van der Waals surface area contributed by atoms with Gasteiger partial charge in [-0.1, -0.05) is 35.0 Å². The second kappa shape index (κ2) is 9.66. The summed E-state index contributed by atoms with van der Waals surface area (Å²) in [4.78, 5) is 19.9. The Kier molecular flexibility index (Phi) is 6.73. The van der Waals surface area contributed by atoms with E-state index in [4.69, 9.17) is 9.47 Å². The molecule has 0 unspecified atom stereocenters. The molecule has 160 valence electrons. The van der Waals surface area contributed by atoms with Crippen molar-refractivity contribution in [3.05, 3.63) is 74.6 Å². The van der Waals surface area contributed by atoms with E-state index in [0.29, 0.717) is 25.0 Å². The van der Waals surface area contributed by atoms with Gasteiger partial charge in [0, 0.05) is 21.5 Å². The van der Waals surface area contributed by atoms with Gasteiger partial charge in [-0.05, 0) is 54.8 Å². The van der Waals surface area contributed by atoms with Crippen LogP contribution in [0.5, 0.6) is 11.5 Å². The Balaban J connectivity index is 1.55. The standard InChI is InChI=1S/C24H23BrN2O3S/c1-3-20-21(16-5-7-17(25)8-6-16)22-23(31-20)26-15-27(24(22)28)13-4-14-30-19-11-9-18(29-2)10-12-19/h5-12,15H,3-4,13-14H2,1-2H3. The molecule has 7 heteroatoms. The number of aromatic nitrogens is 2. The number of fused-ring (bicyclic) bond motifs is 1. The van der Waals surface area contributed by atoms with Crippen LogP contribution < -0.4 is 15.0 Å². The third kappa shape index (κ3) is 4.67. The van der Waals surface area contributed by atoms with Gasteiger partial charge in [0.05, 0.1) is 25.4 Å². The average Bonchev–Trinajstić information content (AvgIpc) is 3.18. The summed E-state index contributed by atoms with van der Waals surface area (Å²) in [5, 5.41) is 0.711. The highest BCUT2D eigenvalue weighted by Crippen LogP contribution is 2.36. The fourth-order valence-corrected chi connectivity index (χ4v) is 4.85. The fraction of sp³-hybridized carbons (Fsp3) is 0.250. The molecular formula is C24H23BrN2O3S. The maximum absolute atomic E-state index is 13.3. The lowest BCUT2D eigenvalue weighted by atomic mass is 10.0. The molecule has 4 aromatic rings. The number of ether oxygens (including phenoxy) is 2. The zero-order valence-electron chi connectivity index (χ0n) is 17.4. The molecule has 2 aromatic carbocycles. The van der Waals surface area contributed by atoms with Gasteiger partial charge in [-0.2, -0.15) is 0 Å². The average molecular weight is 499 g/mol. The molecule has 0 saturated carbocycles. The maximum atomic E-state index is 13.3. The number of rotatable bonds is 8. The topological polar surface area (TPSA) is 53.4 Å². The molecule has 0 spiro atoms. The molecule has 0 aliphatic carbocycles. The van der Waals surface area contributed by atoms with Gasteiger partial charge >= 0.3 is 0 Å². The van der Waals surface area contributed by atoms with Gasteiger partial charge < -0.3 is 9.47 Å². The number of aryl methyl sites for hydroxylation is 2. The summed E-state index contributed by atoms with van der Waals surface area (Å²) in [6.45, 7) is 3.18. The predicted octanol–water partition coefficient (Wildman–Crippen LogP) is 5.93. The lowest BCUT2D eigenvalue weighted by Crippen LogP contribution is -2.21. The minimum absolute atomic E-state index is 0.00307. The summed E-state index contributed by atoms with van der Waals surface area (Å²) in [6.07, 6.45) is 3.22. The molecule has 0 radical (unpaired) electrons. The maximum Gasteiger partial charge on any atom is 0.262 e. The van der Waals surface area contributed by atoms with Crippen molar-refractivity contribution < 1.29 is 9.47 Å². The Labute approximate surface area is 193 Å². The van der Waals surface area contributed by atoms with Gasteiger partial charge in [0.1, 0.15) is 16.3 Å². The van der Waals surface area contributed by atoms with Crippen LogP contribution in [0.25, 0.3) is 21.3 Å². The van der Waals surface area contributed by atoms with Crippen LogP contribution in [0, 0.1) is 0 Å². The van der Waals surface area contributed by atoms with E-state index in [9.17, 15) is 4.79 Å². The molecule has 0 aliphatic heterocycles. The van der Waals surface area contributed by atoms with Crippen LogP contribution >= 0.6 is 27.3 Å². The van der Waals surface area contributed by atoms with Crippen LogP contribution in [0.4, 0.5) is 0 Å². The molecule has 0 N–H and O–H groups in total. The summed E-state index contributed by atoms with van der Waals surface area (Å²) in [7, 11) is 1.64. The first-order chi connectivity index (χ1) is 15.1. The van der Waals surface area contributed by atoms with Crippen molar-refractivity contribution in [2.75, 3.05) is 13.7 Å². The van der Waals surface area contributed by atoms with E-state index in [0.717, 1.165) is 38.3 Å². The van der Waals surface area contributed by atoms with Crippen LogP contribution in [0.3, 0.4) is 0 Å². The Hall–Kier alpha value is -2.64. The van der Waals surface area contributed by atoms with E-state index in [2.05, 4.69) is 27.8 Å². The zero-order chi connectivity index (χ0) is 21.8. The van der Waals surface area contributed by atoms with Crippen LogP contribution in [0.1, 0.15) is 18.2 Å². The van der Waals surface area contributed by atoms with Crippen molar-refractivity contribution >= 4 is 37.5 Å². The third-order valence-electron chi connectivity index (χ3n) is 5.08. The monoisotopic (exact) mass is 498 g/mol. The van der Waals surface area contributed by atoms with E-state index in [1.54, 1.807) is 29.3 Å². The molecule has 0 saturated heterocycles. The van der Waals surface area contributed by atoms with Crippen molar-refractivity contribution in [1.29, 1.82) is 0 Å². The van der Waals surface area contributed by atoms with Crippen molar-refractivity contribution in [3.63, 3.8) is 0 Å². The Morgan fingerprint density at radius 3 is 2.45 bits per heavy atom. The fourth-order valence-electron chi connectivity index (χ4n) is 3.50. The van der Waals surface area contributed by atoms with E-state index in [-0.39, 0.29) is 5.56 Å². The van der Waals surface area contributed by atoms with Crippen LogP contribution in [0.15, 0.2) is 64.1 Å². The minimum Gasteiger partial charge on any atom is -0.497 e. The molecule has 0 aliphatic rings. The Morgan fingerprint density at radius 1 is 1.06 bits per heavy atom. The number of hydrogen-bond acceptors (Lipinski definition) is 5. The summed E-state index contributed by atoms with van der Waals surface area (Å²) in [5.74, 6) is 1.58. The molecule has 4 rings (SSSR count). The highest BCUT2D eigenvalue weighted by atomic mass is 79.9. The van der Waals surface area contributed by atoms with Crippen LogP contribution in [0.2, 0.25) is 0 Å². The second-order valence-electron chi connectivity index (χ2n) is 7.06. The summed E-state index contributed by atoms with van der Waals surface area (Å²) >= 11 is 5.09. The molecule has 2 aromatic heterocycles. The van der Waals surface area contributed by atoms with E-state index >= 15 is 0 Å². The lowest BCUT2D eigenvalue weighted by molar-refractivity contribution is 0.300. The number of hydrogen-bond donors (Lipinski definition) is 0. The molecule has 5 nitrogen and oxygen atoms in total.